The van der Waals surface area contributed by atoms with Gasteiger partial charge in [0, 0.05) is 9.26 Å². The van der Waals surface area contributed by atoms with Crippen molar-refractivity contribution < 1.29 is 0 Å². The van der Waals surface area contributed by atoms with Crippen LogP contribution in [0.3, 0.4) is 0 Å². The Morgan fingerprint density at radius 2 is 0.329 bits per heavy atom. The van der Waals surface area contributed by atoms with E-state index in [1.807, 2.05) is 19.1 Å². The molecule has 0 radical (unpaired) electrons. The van der Waals surface area contributed by atoms with Crippen LogP contribution < -0.4 is 69.4 Å². The molecule has 0 aromatic heterocycles. The number of benzene rings is 13. The van der Waals surface area contributed by atoms with Gasteiger partial charge in [-0.3, -0.25) is 0 Å². The molecule has 13 rings (SSSR count). The van der Waals surface area contributed by atoms with Gasteiger partial charge in [-0.15, -0.1) is 0 Å². The summed E-state index contributed by atoms with van der Waals surface area (Å²) in [7, 11) is -1.78. The van der Waals surface area contributed by atoms with Crippen LogP contribution in [0.25, 0.3) is 0 Å². The topological polar surface area (TPSA) is 26.0 Å². The summed E-state index contributed by atoms with van der Waals surface area (Å²) in [6.07, 6.45) is 0. The lowest BCUT2D eigenvalue weighted by Gasteiger charge is -2.18. The van der Waals surface area contributed by atoms with Crippen LogP contribution in [0, 0.1) is 10.5 Å². The molecule has 6 heteroatoms. The van der Waals surface area contributed by atoms with Gasteiger partial charge in [-0.2, -0.15) is 0 Å². The Morgan fingerprint density at radius 1 is 0.200 bits per heavy atom. The lowest BCUT2D eigenvalue weighted by atomic mass is 10.2. The quantitative estimate of drug-likeness (QED) is 0.0736. The van der Waals surface area contributed by atoms with Gasteiger partial charge in [0.1, 0.15) is 0 Å². The highest BCUT2D eigenvalue weighted by molar-refractivity contribution is 14.1. The number of nitrogens with two attached hydrogens (primary N) is 1. The molecule has 0 saturated carbocycles. The van der Waals surface area contributed by atoms with E-state index in [0.29, 0.717) is 0 Å². The fourth-order valence-electron chi connectivity index (χ4n) is 9.48. The number of anilines is 1. The van der Waals surface area contributed by atoms with E-state index in [-0.39, 0.29) is 0 Å². The summed E-state index contributed by atoms with van der Waals surface area (Å²) in [6, 6.07) is 135. The molecule has 0 aliphatic rings. The van der Waals surface area contributed by atoms with Crippen molar-refractivity contribution >= 4 is 124 Å². The van der Waals surface area contributed by atoms with Crippen molar-refractivity contribution in [2.75, 3.05) is 5.73 Å². The molecule has 0 bridgehead atoms. The first-order valence-corrected chi connectivity index (χ1v) is 34.8. The van der Waals surface area contributed by atoms with E-state index in [0.717, 1.165) is 5.69 Å². The normalized spacial score (nSPS) is 10.5. The van der Waals surface area contributed by atoms with Crippen LogP contribution in [0.15, 0.2) is 382 Å². The van der Waals surface area contributed by atoms with Crippen LogP contribution in [0.2, 0.25) is 0 Å². The van der Waals surface area contributed by atoms with Crippen LogP contribution in [0.5, 0.6) is 0 Å². The van der Waals surface area contributed by atoms with E-state index in [1.165, 1.54) is 72.8 Å². The Hall–Kier alpha value is -7.89. The summed E-state index contributed by atoms with van der Waals surface area (Å²) in [5.41, 5.74) is 7.62. The molecule has 0 heterocycles. The second-order valence-electron chi connectivity index (χ2n) is 19.4. The zero-order valence-corrected chi connectivity index (χ0v) is 53.4. The largest absolute Gasteiger partial charge is 0.399 e. The minimum Gasteiger partial charge on any atom is -0.399 e. The standard InChI is InChI=1S/4C18H15P.C7H8IN/c4*1-4-10-16(11-5-1)19(17-12-6-2-7-13-17)18-14-8-3-9-15-18;1-5-2-6(8)4-7(9)3-5/h4*1-15H;2-4H,9H2,1H3. The molecule has 0 spiro atoms. The third kappa shape index (κ3) is 19.1. The first-order chi connectivity index (χ1) is 42.0. The molecule has 0 aliphatic heterocycles. The van der Waals surface area contributed by atoms with Gasteiger partial charge in [0.2, 0.25) is 0 Å². The summed E-state index contributed by atoms with van der Waals surface area (Å²) in [6.45, 7) is 2.04. The summed E-state index contributed by atoms with van der Waals surface area (Å²) >= 11 is 2.25. The molecule has 0 unspecified atom stereocenters. The maximum absolute atomic E-state index is 5.55. The SMILES string of the molecule is Cc1cc(N)cc(I)c1.c1ccc(P(c2ccccc2)c2ccccc2)cc1.c1ccc(P(c2ccccc2)c2ccccc2)cc1.c1ccc(P(c2ccccc2)c2ccccc2)cc1.c1ccc(P(c2ccccc2)c2ccccc2)cc1. The molecular weight excluding hydrogens is 1210 g/mol. The van der Waals surface area contributed by atoms with Crippen LogP contribution >= 0.6 is 54.3 Å². The molecule has 85 heavy (non-hydrogen) atoms. The van der Waals surface area contributed by atoms with Gasteiger partial charge < -0.3 is 5.73 Å². The Bertz CT molecular complexity index is 2980. The predicted molar refractivity (Wildman–Crippen MR) is 389 cm³/mol. The summed E-state index contributed by atoms with van der Waals surface area (Å²) in [4.78, 5) is 0. The van der Waals surface area contributed by atoms with Crippen molar-refractivity contribution in [2.24, 2.45) is 0 Å². The molecule has 13 aromatic carbocycles. The zero-order valence-electron chi connectivity index (χ0n) is 47.6. The third-order valence-corrected chi connectivity index (χ3v) is 23.6. The highest BCUT2D eigenvalue weighted by atomic mass is 127. The Balaban J connectivity index is 0.000000129. The van der Waals surface area contributed by atoms with Crippen molar-refractivity contribution in [3.8, 4) is 0 Å². The predicted octanol–water partition coefficient (Wildman–Crippen LogP) is 16.0. The average Bonchev–Trinajstić information content (AvgIpc) is 3.73. The van der Waals surface area contributed by atoms with Crippen LogP contribution in [-0.4, -0.2) is 0 Å². The summed E-state index contributed by atoms with van der Waals surface area (Å²) in [5, 5.41) is 16.8. The highest BCUT2D eigenvalue weighted by Crippen LogP contribution is 2.35. The number of hydrogen-bond acceptors (Lipinski definition) is 1. The fourth-order valence-corrected chi connectivity index (χ4v) is 19.6. The van der Waals surface area contributed by atoms with Crippen LogP contribution in [0.4, 0.5) is 5.69 Å². The van der Waals surface area contributed by atoms with Gasteiger partial charge >= 0.3 is 0 Å². The lowest BCUT2D eigenvalue weighted by Crippen LogP contribution is -2.20. The highest BCUT2D eigenvalue weighted by Gasteiger charge is 2.18. The number of halogens is 1. The van der Waals surface area contributed by atoms with E-state index in [2.05, 4.69) is 393 Å². The molecule has 0 saturated heterocycles. The average molecular weight is 1280 g/mol. The van der Waals surface area contributed by atoms with Crippen LogP contribution in [-0.2, 0) is 0 Å². The second-order valence-corrected chi connectivity index (χ2v) is 29.6. The van der Waals surface area contributed by atoms with E-state index in [1.54, 1.807) is 0 Å². The van der Waals surface area contributed by atoms with Gasteiger partial charge in [0.15, 0.2) is 0 Å². The van der Waals surface area contributed by atoms with Crippen molar-refractivity contribution in [3.05, 3.63) is 391 Å². The number of hydrogen-bond donors (Lipinski definition) is 1. The molecule has 0 fully saturated rings. The molecule has 2 N–H and O–H groups in total. The Kier molecular flexibility index (Phi) is 24.8. The van der Waals surface area contributed by atoms with Gasteiger partial charge in [-0.05, 0) is 149 Å². The number of nitrogen functional groups attached to an aromatic ring is 1. The lowest BCUT2D eigenvalue weighted by molar-refractivity contribution is 1.45. The summed E-state index contributed by atoms with van der Waals surface area (Å²) < 4.78 is 1.20. The second kappa shape index (κ2) is 34.2. The Labute approximate surface area is 523 Å². The van der Waals surface area contributed by atoms with Crippen molar-refractivity contribution in [2.45, 2.75) is 6.92 Å². The maximum Gasteiger partial charge on any atom is 0.0327 e. The van der Waals surface area contributed by atoms with E-state index in [9.17, 15) is 0 Å². The van der Waals surface area contributed by atoms with Crippen molar-refractivity contribution in [1.29, 1.82) is 0 Å². The number of aryl methyl sites for hydroxylation is 1. The van der Waals surface area contributed by atoms with Crippen molar-refractivity contribution in [1.82, 2.24) is 0 Å². The van der Waals surface area contributed by atoms with Gasteiger partial charge in [-0.1, -0.05) is 364 Å². The first kappa shape index (κ1) is 61.7. The minimum atomic E-state index is -0.446. The van der Waals surface area contributed by atoms with E-state index >= 15 is 0 Å². The molecule has 416 valence electrons. The van der Waals surface area contributed by atoms with Crippen molar-refractivity contribution in [3.63, 3.8) is 0 Å². The fraction of sp³-hybridized carbons (Fsp3) is 0.0127. The molecule has 13 aromatic rings. The smallest absolute Gasteiger partial charge is 0.0327 e. The van der Waals surface area contributed by atoms with Gasteiger partial charge in [-0.25, -0.2) is 0 Å². The molecule has 1 nitrogen and oxygen atoms in total. The van der Waals surface area contributed by atoms with E-state index < -0.39 is 31.7 Å². The van der Waals surface area contributed by atoms with Crippen LogP contribution in [0.1, 0.15) is 5.56 Å². The minimum absolute atomic E-state index is 0.446. The molecule has 0 amide bonds. The maximum atomic E-state index is 5.55. The molecule has 0 aliphatic carbocycles. The summed E-state index contributed by atoms with van der Waals surface area (Å²) in [5.74, 6) is 0. The third-order valence-electron chi connectivity index (χ3n) is 13.2. The first-order valence-electron chi connectivity index (χ1n) is 28.3. The van der Waals surface area contributed by atoms with Gasteiger partial charge in [0.25, 0.3) is 0 Å². The molecular formula is C79H68INP4. The monoisotopic (exact) mass is 1280 g/mol. The zero-order chi connectivity index (χ0) is 58.5. The number of rotatable bonds is 12. The molecule has 0 atom stereocenters. The van der Waals surface area contributed by atoms with Gasteiger partial charge in [0.05, 0.1) is 0 Å². The Morgan fingerprint density at radius 3 is 0.435 bits per heavy atom. The van der Waals surface area contributed by atoms with E-state index in [4.69, 9.17) is 5.73 Å².